The van der Waals surface area contributed by atoms with Gasteiger partial charge in [0.1, 0.15) is 12.0 Å². The lowest BCUT2D eigenvalue weighted by Crippen LogP contribution is -2.22. The number of hydrogen-bond acceptors (Lipinski definition) is 4. The maximum atomic E-state index is 4.89. The lowest BCUT2D eigenvalue weighted by atomic mass is 10.2. The van der Waals surface area contributed by atoms with E-state index in [0.29, 0.717) is 0 Å². The molecule has 19 heavy (non-hydrogen) atoms. The van der Waals surface area contributed by atoms with E-state index >= 15 is 0 Å². The van der Waals surface area contributed by atoms with Crippen molar-refractivity contribution in [2.45, 2.75) is 33.0 Å². The van der Waals surface area contributed by atoms with Gasteiger partial charge in [-0.1, -0.05) is 11.2 Å². The van der Waals surface area contributed by atoms with Crippen LogP contribution < -0.4 is 0 Å². The average molecular weight is 260 g/mol. The highest BCUT2D eigenvalue weighted by Gasteiger charge is 2.16. The minimum atomic E-state index is 0.209. The zero-order valence-corrected chi connectivity index (χ0v) is 11.7. The summed E-state index contributed by atoms with van der Waals surface area (Å²) in [5.74, 6) is 0. The number of allylic oxidation sites excluding steroid dienone is 1. The maximum Gasteiger partial charge on any atom is 0.124 e. The first-order valence-corrected chi connectivity index (χ1v) is 6.36. The fourth-order valence-electron chi connectivity index (χ4n) is 2.01. The summed E-state index contributed by atoms with van der Waals surface area (Å²) >= 11 is 0. The molecule has 2 aromatic rings. The molecular formula is C14H20N4O. The highest BCUT2D eigenvalue weighted by Crippen LogP contribution is 2.19. The maximum absolute atomic E-state index is 4.89. The molecule has 0 radical (unpaired) electrons. The topological polar surface area (TPSA) is 47.1 Å². The van der Waals surface area contributed by atoms with Gasteiger partial charge in [-0.15, -0.1) is 6.58 Å². The van der Waals surface area contributed by atoms with Gasteiger partial charge in [-0.05, 0) is 20.9 Å². The lowest BCUT2D eigenvalue weighted by molar-refractivity contribution is 0.240. The van der Waals surface area contributed by atoms with Gasteiger partial charge >= 0.3 is 0 Å². The number of rotatable bonds is 6. The molecule has 0 N–H and O–H groups in total. The highest BCUT2D eigenvalue weighted by molar-refractivity contribution is 5.16. The Morgan fingerprint density at radius 2 is 2.37 bits per heavy atom. The van der Waals surface area contributed by atoms with Gasteiger partial charge in [0.2, 0.25) is 0 Å². The standard InChI is InChI=1S/C14H20N4O/c1-5-7-18-10-13(11(2)15-18)9-17(4)12(3)14-6-8-19-16-14/h5-6,8,10,12H,1,7,9H2,2-4H3/t12-/m1/s1. The molecule has 0 unspecified atom stereocenters. The first-order valence-electron chi connectivity index (χ1n) is 6.36. The quantitative estimate of drug-likeness (QED) is 0.749. The van der Waals surface area contributed by atoms with Crippen molar-refractivity contribution in [1.82, 2.24) is 19.8 Å². The van der Waals surface area contributed by atoms with Crippen molar-refractivity contribution in [3.05, 3.63) is 48.1 Å². The summed E-state index contributed by atoms with van der Waals surface area (Å²) in [5, 5.41) is 8.45. The number of aryl methyl sites for hydroxylation is 1. The molecule has 2 rings (SSSR count). The normalized spacial score (nSPS) is 12.8. The molecule has 1 atom stereocenters. The van der Waals surface area contributed by atoms with Crippen molar-refractivity contribution in [1.29, 1.82) is 0 Å². The number of aromatic nitrogens is 3. The second-order valence-electron chi connectivity index (χ2n) is 4.77. The van der Waals surface area contributed by atoms with E-state index in [1.165, 1.54) is 5.56 Å². The van der Waals surface area contributed by atoms with Crippen LogP contribution in [0.4, 0.5) is 0 Å². The van der Waals surface area contributed by atoms with Gasteiger partial charge in [0.05, 0.1) is 18.3 Å². The van der Waals surface area contributed by atoms with Crippen molar-refractivity contribution in [2.24, 2.45) is 0 Å². The van der Waals surface area contributed by atoms with Crippen LogP contribution in [-0.4, -0.2) is 26.9 Å². The van der Waals surface area contributed by atoms with Crippen LogP contribution in [0.25, 0.3) is 0 Å². The van der Waals surface area contributed by atoms with Crippen molar-refractivity contribution in [3.8, 4) is 0 Å². The Morgan fingerprint density at radius 3 is 3.00 bits per heavy atom. The van der Waals surface area contributed by atoms with Crippen molar-refractivity contribution >= 4 is 0 Å². The molecule has 0 spiro atoms. The van der Waals surface area contributed by atoms with Crippen LogP contribution >= 0.6 is 0 Å². The molecular weight excluding hydrogens is 240 g/mol. The van der Waals surface area contributed by atoms with E-state index in [9.17, 15) is 0 Å². The van der Waals surface area contributed by atoms with E-state index in [2.05, 4.69) is 41.9 Å². The second-order valence-corrected chi connectivity index (χ2v) is 4.77. The summed E-state index contributed by atoms with van der Waals surface area (Å²) in [7, 11) is 2.07. The molecule has 0 bridgehead atoms. The zero-order chi connectivity index (χ0) is 13.8. The van der Waals surface area contributed by atoms with Crippen LogP contribution in [0.1, 0.15) is 29.9 Å². The van der Waals surface area contributed by atoms with Crippen LogP contribution in [0.2, 0.25) is 0 Å². The van der Waals surface area contributed by atoms with Gasteiger partial charge < -0.3 is 4.52 Å². The molecule has 0 fully saturated rings. The molecule has 0 aliphatic rings. The predicted octanol–water partition coefficient (Wildman–Crippen LogP) is 2.56. The lowest BCUT2D eigenvalue weighted by Gasteiger charge is -2.22. The fourth-order valence-corrected chi connectivity index (χ4v) is 2.01. The SMILES string of the molecule is C=CCn1cc(CN(C)[C@H](C)c2ccon2)c(C)n1. The monoisotopic (exact) mass is 260 g/mol. The van der Waals surface area contributed by atoms with E-state index < -0.39 is 0 Å². The molecule has 5 nitrogen and oxygen atoms in total. The van der Waals surface area contributed by atoms with E-state index in [0.717, 1.165) is 24.5 Å². The molecule has 0 aromatic carbocycles. The van der Waals surface area contributed by atoms with Crippen molar-refractivity contribution in [2.75, 3.05) is 7.05 Å². The summed E-state index contributed by atoms with van der Waals surface area (Å²) in [6.07, 6.45) is 5.52. The molecule has 0 aliphatic heterocycles. The Kier molecular flexibility index (Phi) is 4.16. The van der Waals surface area contributed by atoms with E-state index in [1.807, 2.05) is 23.7 Å². The first kappa shape index (κ1) is 13.5. The number of nitrogens with zero attached hydrogens (tertiary/aromatic N) is 4. The van der Waals surface area contributed by atoms with Crippen molar-refractivity contribution < 1.29 is 4.52 Å². The van der Waals surface area contributed by atoms with Gasteiger partial charge in [0, 0.05) is 24.4 Å². The average Bonchev–Trinajstić information content (AvgIpc) is 3.00. The third-order valence-corrected chi connectivity index (χ3v) is 3.33. The molecule has 5 heteroatoms. The largest absolute Gasteiger partial charge is 0.364 e. The predicted molar refractivity (Wildman–Crippen MR) is 73.5 cm³/mol. The van der Waals surface area contributed by atoms with E-state index in [-0.39, 0.29) is 6.04 Å². The van der Waals surface area contributed by atoms with Gasteiger partial charge in [-0.25, -0.2) is 0 Å². The minimum Gasteiger partial charge on any atom is -0.364 e. The number of hydrogen-bond donors (Lipinski definition) is 0. The van der Waals surface area contributed by atoms with E-state index in [4.69, 9.17) is 4.52 Å². The van der Waals surface area contributed by atoms with Crippen LogP contribution in [0.15, 0.2) is 35.7 Å². The van der Waals surface area contributed by atoms with Crippen molar-refractivity contribution in [3.63, 3.8) is 0 Å². The Morgan fingerprint density at radius 1 is 1.58 bits per heavy atom. The van der Waals surface area contributed by atoms with Crippen LogP contribution in [0, 0.1) is 6.92 Å². The second kappa shape index (κ2) is 5.84. The van der Waals surface area contributed by atoms with Gasteiger partial charge in [-0.3, -0.25) is 9.58 Å². The molecule has 0 saturated carbocycles. The summed E-state index contributed by atoms with van der Waals surface area (Å²) in [6, 6.07) is 2.11. The molecule has 2 heterocycles. The van der Waals surface area contributed by atoms with Gasteiger partial charge in [-0.2, -0.15) is 5.10 Å². The summed E-state index contributed by atoms with van der Waals surface area (Å²) in [5.41, 5.74) is 3.22. The Hall–Kier alpha value is -1.88. The first-order chi connectivity index (χ1) is 9.11. The molecule has 102 valence electrons. The van der Waals surface area contributed by atoms with Gasteiger partial charge in [0.25, 0.3) is 0 Å². The molecule has 2 aromatic heterocycles. The Bertz CT molecular complexity index is 530. The summed E-state index contributed by atoms with van der Waals surface area (Å²) in [6.45, 7) is 9.44. The van der Waals surface area contributed by atoms with E-state index in [1.54, 1.807) is 6.26 Å². The zero-order valence-electron chi connectivity index (χ0n) is 11.7. The van der Waals surface area contributed by atoms with Crippen LogP contribution in [0.3, 0.4) is 0 Å². The Labute approximate surface area is 113 Å². The summed E-state index contributed by atoms with van der Waals surface area (Å²) in [4.78, 5) is 2.22. The molecule has 0 saturated heterocycles. The molecule has 0 amide bonds. The minimum absolute atomic E-state index is 0.209. The molecule has 0 aliphatic carbocycles. The summed E-state index contributed by atoms with van der Waals surface area (Å²) < 4.78 is 6.80. The third kappa shape index (κ3) is 3.12. The van der Waals surface area contributed by atoms with Crippen LogP contribution in [0.5, 0.6) is 0 Å². The highest BCUT2D eigenvalue weighted by atomic mass is 16.5. The Balaban J connectivity index is 2.06. The van der Waals surface area contributed by atoms with Crippen LogP contribution in [-0.2, 0) is 13.1 Å². The fraction of sp³-hybridized carbons (Fsp3) is 0.429. The smallest absolute Gasteiger partial charge is 0.124 e. The third-order valence-electron chi connectivity index (χ3n) is 3.33. The van der Waals surface area contributed by atoms with Gasteiger partial charge in [0.15, 0.2) is 0 Å².